The Morgan fingerprint density at radius 1 is 1.45 bits per heavy atom. The number of aromatic hydroxyl groups is 1. The summed E-state index contributed by atoms with van der Waals surface area (Å²) >= 11 is 5.53. The number of hydrogen-bond donors (Lipinski definition) is 3. The van der Waals surface area contributed by atoms with Crippen LogP contribution in [0.3, 0.4) is 0 Å². The van der Waals surface area contributed by atoms with Crippen LogP contribution in [-0.2, 0) is 6.61 Å². The van der Waals surface area contributed by atoms with Crippen LogP contribution in [0.5, 0.6) is 5.75 Å². The second-order valence-electron chi connectivity index (χ2n) is 2.16. The van der Waals surface area contributed by atoms with Crippen molar-refractivity contribution in [2.45, 2.75) is 6.61 Å². The van der Waals surface area contributed by atoms with Crippen LogP contribution in [0, 0.1) is 0 Å². The van der Waals surface area contributed by atoms with Crippen molar-refractivity contribution in [1.82, 2.24) is 0 Å². The Kier molecular flexibility index (Phi) is 2.22. The van der Waals surface area contributed by atoms with Crippen LogP contribution in [0.25, 0.3) is 0 Å². The molecule has 0 aliphatic heterocycles. The van der Waals surface area contributed by atoms with Crippen molar-refractivity contribution < 1.29 is 10.2 Å². The van der Waals surface area contributed by atoms with Crippen molar-refractivity contribution in [2.75, 3.05) is 5.73 Å². The number of phenols is 1. The Bertz CT molecular complexity index is 275. The van der Waals surface area contributed by atoms with E-state index in [0.29, 0.717) is 11.3 Å². The van der Waals surface area contributed by atoms with Gasteiger partial charge in [0.05, 0.1) is 11.6 Å². The largest absolute Gasteiger partial charge is 0.506 e. The maximum atomic E-state index is 9.06. The molecule has 0 spiro atoms. The zero-order valence-electron chi connectivity index (χ0n) is 5.71. The Hall–Kier alpha value is -0.930. The van der Waals surface area contributed by atoms with Crippen molar-refractivity contribution >= 4 is 17.3 Å². The molecule has 4 heteroatoms. The molecule has 0 amide bonds. The predicted octanol–water partition coefficient (Wildman–Crippen LogP) is 1.12. The van der Waals surface area contributed by atoms with Crippen molar-refractivity contribution in [1.29, 1.82) is 0 Å². The van der Waals surface area contributed by atoms with Gasteiger partial charge in [0.15, 0.2) is 0 Å². The summed E-state index contributed by atoms with van der Waals surface area (Å²) in [5.41, 5.74) is 6.31. The van der Waals surface area contributed by atoms with E-state index in [1.54, 1.807) is 0 Å². The van der Waals surface area contributed by atoms with Gasteiger partial charge in [0, 0.05) is 11.3 Å². The summed E-state index contributed by atoms with van der Waals surface area (Å²) in [5, 5.41) is 18.0. The molecule has 1 rings (SSSR count). The number of aliphatic hydroxyl groups is 1. The number of nitrogens with two attached hydrogens (primary N) is 1. The van der Waals surface area contributed by atoms with Gasteiger partial charge in [0.1, 0.15) is 5.75 Å². The van der Waals surface area contributed by atoms with E-state index in [0.717, 1.165) is 0 Å². The highest BCUT2D eigenvalue weighted by Crippen LogP contribution is 2.28. The minimum absolute atomic E-state index is 0.0649. The molecule has 0 heterocycles. The minimum atomic E-state index is -0.198. The molecule has 0 atom stereocenters. The van der Waals surface area contributed by atoms with Gasteiger partial charge < -0.3 is 15.9 Å². The van der Waals surface area contributed by atoms with Gasteiger partial charge in [-0.1, -0.05) is 11.6 Å². The number of hydrogen-bond acceptors (Lipinski definition) is 3. The normalized spacial score (nSPS) is 10.0. The molecule has 0 aliphatic carbocycles. The van der Waals surface area contributed by atoms with Gasteiger partial charge in [-0.25, -0.2) is 0 Å². The Balaban J connectivity index is 3.21. The Labute approximate surface area is 69.0 Å². The third kappa shape index (κ3) is 1.56. The van der Waals surface area contributed by atoms with E-state index in [4.69, 9.17) is 27.5 Å². The zero-order chi connectivity index (χ0) is 8.43. The molecule has 0 aliphatic rings. The number of anilines is 1. The van der Waals surface area contributed by atoms with Crippen LogP contribution < -0.4 is 5.73 Å². The van der Waals surface area contributed by atoms with Gasteiger partial charge in [0.25, 0.3) is 0 Å². The van der Waals surface area contributed by atoms with E-state index in [1.807, 2.05) is 0 Å². The number of aliphatic hydroxyl groups excluding tert-OH is 1. The molecular formula is C7H8ClNO2. The lowest BCUT2D eigenvalue weighted by molar-refractivity contribution is 0.282. The SMILES string of the molecule is Nc1cc(Cl)c(O)cc1CO. The van der Waals surface area contributed by atoms with Crippen LogP contribution in [0.2, 0.25) is 5.02 Å². The van der Waals surface area contributed by atoms with Crippen molar-refractivity contribution in [3.05, 3.63) is 22.7 Å². The quantitative estimate of drug-likeness (QED) is 0.441. The molecule has 0 radical (unpaired) electrons. The van der Waals surface area contributed by atoms with E-state index in [1.165, 1.54) is 12.1 Å². The van der Waals surface area contributed by atoms with E-state index in [-0.39, 0.29) is 17.4 Å². The van der Waals surface area contributed by atoms with E-state index < -0.39 is 0 Å². The molecule has 1 aromatic rings. The van der Waals surface area contributed by atoms with E-state index in [2.05, 4.69) is 0 Å². The highest BCUT2D eigenvalue weighted by molar-refractivity contribution is 6.32. The number of rotatable bonds is 1. The Morgan fingerprint density at radius 3 is 2.64 bits per heavy atom. The van der Waals surface area contributed by atoms with Crippen LogP contribution in [0.1, 0.15) is 5.56 Å². The minimum Gasteiger partial charge on any atom is -0.506 e. The smallest absolute Gasteiger partial charge is 0.134 e. The average Bonchev–Trinajstić information content (AvgIpc) is 1.97. The molecule has 0 aromatic heterocycles. The van der Waals surface area contributed by atoms with Crippen LogP contribution in [0.4, 0.5) is 5.69 Å². The van der Waals surface area contributed by atoms with Crippen molar-refractivity contribution in [3.8, 4) is 5.75 Å². The predicted molar refractivity (Wildman–Crippen MR) is 43.5 cm³/mol. The lowest BCUT2D eigenvalue weighted by Gasteiger charge is -2.03. The van der Waals surface area contributed by atoms with E-state index >= 15 is 0 Å². The summed E-state index contributed by atoms with van der Waals surface area (Å²) in [5.74, 6) is -0.0649. The first-order valence-corrected chi connectivity index (χ1v) is 3.40. The average molecular weight is 174 g/mol. The summed E-state index contributed by atoms with van der Waals surface area (Å²) in [4.78, 5) is 0. The first kappa shape index (κ1) is 8.17. The van der Waals surface area contributed by atoms with Crippen LogP contribution >= 0.6 is 11.6 Å². The zero-order valence-corrected chi connectivity index (χ0v) is 6.47. The highest BCUT2D eigenvalue weighted by atomic mass is 35.5. The molecule has 60 valence electrons. The maximum absolute atomic E-state index is 9.06. The summed E-state index contributed by atoms with van der Waals surface area (Å²) in [6.45, 7) is -0.198. The third-order valence-electron chi connectivity index (χ3n) is 1.38. The highest BCUT2D eigenvalue weighted by Gasteiger charge is 2.03. The second kappa shape index (κ2) is 2.98. The van der Waals surface area contributed by atoms with Crippen molar-refractivity contribution in [3.63, 3.8) is 0 Å². The standard InChI is InChI=1S/C7H8ClNO2/c8-5-2-6(9)4(3-10)1-7(5)11/h1-2,10-11H,3,9H2. The monoisotopic (exact) mass is 173 g/mol. The van der Waals surface area contributed by atoms with Crippen LogP contribution in [0.15, 0.2) is 12.1 Å². The maximum Gasteiger partial charge on any atom is 0.134 e. The lowest BCUT2D eigenvalue weighted by atomic mass is 10.2. The summed E-state index contributed by atoms with van der Waals surface area (Å²) in [6, 6.07) is 2.75. The third-order valence-corrected chi connectivity index (χ3v) is 1.68. The first-order valence-electron chi connectivity index (χ1n) is 3.03. The molecule has 1 aromatic carbocycles. The van der Waals surface area contributed by atoms with Gasteiger partial charge in [0.2, 0.25) is 0 Å². The molecule has 4 N–H and O–H groups in total. The molecule has 0 unspecified atom stereocenters. The molecular weight excluding hydrogens is 166 g/mol. The van der Waals surface area contributed by atoms with Gasteiger partial charge in [-0.3, -0.25) is 0 Å². The van der Waals surface area contributed by atoms with Crippen molar-refractivity contribution in [2.24, 2.45) is 0 Å². The molecule has 0 saturated carbocycles. The fourth-order valence-electron chi connectivity index (χ4n) is 0.757. The topological polar surface area (TPSA) is 66.5 Å². The molecule has 0 fully saturated rings. The number of phenolic OH excluding ortho intramolecular Hbond substituents is 1. The molecule has 0 bridgehead atoms. The van der Waals surface area contributed by atoms with Crippen LogP contribution in [-0.4, -0.2) is 10.2 Å². The van der Waals surface area contributed by atoms with Gasteiger partial charge >= 0.3 is 0 Å². The summed E-state index contributed by atoms with van der Waals surface area (Å²) in [7, 11) is 0. The van der Waals surface area contributed by atoms with Gasteiger partial charge in [-0.2, -0.15) is 0 Å². The second-order valence-corrected chi connectivity index (χ2v) is 2.57. The van der Waals surface area contributed by atoms with E-state index in [9.17, 15) is 0 Å². The number of halogens is 1. The Morgan fingerprint density at radius 2 is 2.09 bits per heavy atom. The number of nitrogen functional groups attached to an aromatic ring is 1. The number of benzene rings is 1. The first-order chi connectivity index (χ1) is 5.15. The molecule has 3 nitrogen and oxygen atoms in total. The van der Waals surface area contributed by atoms with Gasteiger partial charge in [-0.05, 0) is 12.1 Å². The molecule has 11 heavy (non-hydrogen) atoms. The summed E-state index contributed by atoms with van der Waals surface area (Å²) in [6.07, 6.45) is 0. The summed E-state index contributed by atoms with van der Waals surface area (Å²) < 4.78 is 0. The fourth-order valence-corrected chi connectivity index (χ4v) is 0.930. The van der Waals surface area contributed by atoms with Gasteiger partial charge in [-0.15, -0.1) is 0 Å². The fraction of sp³-hybridized carbons (Fsp3) is 0.143. The molecule has 0 saturated heterocycles. The lowest BCUT2D eigenvalue weighted by Crippen LogP contribution is -1.93.